The van der Waals surface area contributed by atoms with Crippen molar-refractivity contribution in [3.05, 3.63) is 18.1 Å². The maximum absolute atomic E-state index is 2.53. The maximum atomic E-state index is 2.53. The van der Waals surface area contributed by atoms with Crippen LogP contribution < -0.4 is 0 Å². The summed E-state index contributed by atoms with van der Waals surface area (Å²) in [7, 11) is 0. The normalized spacial score (nSPS) is 25.6. The zero-order chi connectivity index (χ0) is 9.64. The Morgan fingerprint density at radius 2 is 1.86 bits per heavy atom. The van der Waals surface area contributed by atoms with Crippen LogP contribution in [0.3, 0.4) is 0 Å². The first-order chi connectivity index (χ1) is 6.95. The number of rotatable bonds is 2. The highest BCUT2D eigenvalue weighted by Crippen LogP contribution is 2.31. The fraction of sp³-hybridized carbons (Fsp3) is 0.786. The van der Waals surface area contributed by atoms with Gasteiger partial charge < -0.3 is 0 Å². The molecule has 14 heavy (non-hydrogen) atoms. The van der Waals surface area contributed by atoms with Crippen molar-refractivity contribution in [3.8, 4) is 0 Å². The molecule has 0 heteroatoms. The molecule has 0 N–H and O–H groups in total. The maximum Gasteiger partial charge on any atom is -0.0289 e. The summed E-state index contributed by atoms with van der Waals surface area (Å²) in [6.07, 6.45) is 19.2. The molecule has 1 fully saturated rings. The van der Waals surface area contributed by atoms with Gasteiger partial charge in [0.1, 0.15) is 0 Å². The topological polar surface area (TPSA) is 0 Å². The standard InChI is InChI=1S/C14H23/c1-2-5-9-13(8-4-1)12-14-10-6-3-7-11-14/h4,9,14H,1-3,5-8,10-12H2. The predicted molar refractivity (Wildman–Crippen MR) is 62.0 cm³/mol. The van der Waals surface area contributed by atoms with E-state index in [1.165, 1.54) is 64.2 Å². The van der Waals surface area contributed by atoms with Crippen LogP contribution >= 0.6 is 0 Å². The lowest BCUT2D eigenvalue weighted by molar-refractivity contribution is 0.354. The summed E-state index contributed by atoms with van der Waals surface area (Å²) in [6, 6.07) is 0. The van der Waals surface area contributed by atoms with E-state index in [0.29, 0.717) is 0 Å². The van der Waals surface area contributed by atoms with E-state index >= 15 is 0 Å². The molecule has 0 aliphatic heterocycles. The molecule has 0 atom stereocenters. The largest absolute Gasteiger partial charge is 0.0853 e. The van der Waals surface area contributed by atoms with Crippen molar-refractivity contribution in [1.29, 1.82) is 0 Å². The Morgan fingerprint density at radius 1 is 1.00 bits per heavy atom. The zero-order valence-corrected chi connectivity index (χ0v) is 9.30. The second kappa shape index (κ2) is 5.58. The van der Waals surface area contributed by atoms with Gasteiger partial charge in [-0.3, -0.25) is 0 Å². The van der Waals surface area contributed by atoms with E-state index < -0.39 is 0 Å². The van der Waals surface area contributed by atoms with Crippen LogP contribution in [-0.2, 0) is 0 Å². The molecule has 1 radical (unpaired) electrons. The Balaban J connectivity index is 1.79. The summed E-state index contributed by atoms with van der Waals surface area (Å²) >= 11 is 0. The highest BCUT2D eigenvalue weighted by atomic mass is 14.2. The molecule has 0 amide bonds. The average molecular weight is 191 g/mol. The molecule has 2 aliphatic rings. The summed E-state index contributed by atoms with van der Waals surface area (Å²) in [4.78, 5) is 0. The lowest BCUT2D eigenvalue weighted by atomic mass is 9.84. The van der Waals surface area contributed by atoms with Crippen LogP contribution in [0.1, 0.15) is 64.2 Å². The van der Waals surface area contributed by atoms with Gasteiger partial charge >= 0.3 is 0 Å². The number of hydrogen-bond donors (Lipinski definition) is 0. The van der Waals surface area contributed by atoms with E-state index in [-0.39, 0.29) is 0 Å². The minimum absolute atomic E-state index is 1.03. The first kappa shape index (κ1) is 10.3. The van der Waals surface area contributed by atoms with Crippen LogP contribution in [-0.4, -0.2) is 0 Å². The fourth-order valence-corrected chi connectivity index (χ4v) is 2.87. The van der Waals surface area contributed by atoms with Crippen LogP contribution in [0.25, 0.3) is 0 Å². The summed E-state index contributed by atoms with van der Waals surface area (Å²) in [5, 5.41) is 0. The van der Waals surface area contributed by atoms with Gasteiger partial charge in [-0.1, -0.05) is 43.8 Å². The van der Waals surface area contributed by atoms with Crippen LogP contribution in [0.4, 0.5) is 0 Å². The molecule has 2 aliphatic carbocycles. The van der Waals surface area contributed by atoms with Crippen LogP contribution in [0.5, 0.6) is 0 Å². The Hall–Kier alpha value is -0.260. The molecule has 0 spiro atoms. The molecule has 79 valence electrons. The van der Waals surface area contributed by atoms with Gasteiger partial charge in [-0.2, -0.15) is 0 Å². The summed E-state index contributed by atoms with van der Waals surface area (Å²) in [6.45, 7) is 0. The Morgan fingerprint density at radius 3 is 2.71 bits per heavy atom. The second-order valence-electron chi connectivity index (χ2n) is 4.99. The number of hydrogen-bond acceptors (Lipinski definition) is 0. The fourth-order valence-electron chi connectivity index (χ4n) is 2.87. The first-order valence-electron chi connectivity index (χ1n) is 6.45. The van der Waals surface area contributed by atoms with E-state index in [0.717, 1.165) is 5.92 Å². The second-order valence-corrected chi connectivity index (χ2v) is 4.99. The lowest BCUT2D eigenvalue weighted by Gasteiger charge is -2.22. The molecule has 0 bridgehead atoms. The third kappa shape index (κ3) is 3.15. The molecule has 0 saturated heterocycles. The molecule has 0 aromatic heterocycles. The van der Waals surface area contributed by atoms with Crippen LogP contribution in [0.15, 0.2) is 11.6 Å². The minimum Gasteiger partial charge on any atom is -0.0853 e. The average Bonchev–Trinajstić information content (AvgIpc) is 2.48. The van der Waals surface area contributed by atoms with Crippen molar-refractivity contribution < 1.29 is 0 Å². The van der Waals surface area contributed by atoms with Crippen molar-refractivity contribution in [2.75, 3.05) is 0 Å². The van der Waals surface area contributed by atoms with Gasteiger partial charge in [0.25, 0.3) is 0 Å². The number of allylic oxidation sites excluding steroid dienone is 2. The first-order valence-corrected chi connectivity index (χ1v) is 6.45. The monoisotopic (exact) mass is 191 g/mol. The van der Waals surface area contributed by atoms with E-state index in [1.807, 2.05) is 0 Å². The van der Waals surface area contributed by atoms with Gasteiger partial charge in [0.05, 0.1) is 0 Å². The van der Waals surface area contributed by atoms with Crippen molar-refractivity contribution in [2.45, 2.75) is 64.2 Å². The summed E-state index contributed by atoms with van der Waals surface area (Å²) in [5.74, 6) is 1.03. The summed E-state index contributed by atoms with van der Waals surface area (Å²) in [5.41, 5.74) is 1.74. The molecule has 0 heterocycles. The SMILES string of the molecule is [CH]1CCCC=C(CC2CCCCC2)C1. The Kier molecular flexibility index (Phi) is 4.09. The van der Waals surface area contributed by atoms with Gasteiger partial charge in [0.2, 0.25) is 0 Å². The predicted octanol–water partition coefficient (Wildman–Crippen LogP) is 4.66. The van der Waals surface area contributed by atoms with Gasteiger partial charge in [-0.15, -0.1) is 0 Å². The van der Waals surface area contributed by atoms with E-state index in [9.17, 15) is 0 Å². The van der Waals surface area contributed by atoms with E-state index in [1.54, 1.807) is 5.57 Å². The smallest absolute Gasteiger partial charge is 0.0289 e. The van der Waals surface area contributed by atoms with E-state index in [4.69, 9.17) is 0 Å². The summed E-state index contributed by atoms with van der Waals surface area (Å²) < 4.78 is 0. The van der Waals surface area contributed by atoms with Crippen molar-refractivity contribution in [3.63, 3.8) is 0 Å². The third-order valence-electron chi connectivity index (χ3n) is 3.73. The molecule has 0 aromatic rings. The molecule has 1 saturated carbocycles. The Labute approximate surface area is 88.8 Å². The van der Waals surface area contributed by atoms with Gasteiger partial charge in [-0.25, -0.2) is 0 Å². The highest BCUT2D eigenvalue weighted by Gasteiger charge is 2.15. The molecular formula is C14H23. The Bertz CT molecular complexity index is 184. The molecule has 0 unspecified atom stereocenters. The molecular weight excluding hydrogens is 168 g/mol. The van der Waals surface area contributed by atoms with Crippen LogP contribution in [0.2, 0.25) is 0 Å². The third-order valence-corrected chi connectivity index (χ3v) is 3.73. The van der Waals surface area contributed by atoms with Crippen LogP contribution in [0, 0.1) is 12.3 Å². The van der Waals surface area contributed by atoms with Crippen molar-refractivity contribution >= 4 is 0 Å². The molecule has 2 rings (SSSR count). The molecule has 0 nitrogen and oxygen atoms in total. The quantitative estimate of drug-likeness (QED) is 0.557. The minimum atomic E-state index is 1.03. The van der Waals surface area contributed by atoms with Gasteiger partial charge in [0.15, 0.2) is 0 Å². The van der Waals surface area contributed by atoms with Gasteiger partial charge in [0, 0.05) is 0 Å². The highest BCUT2D eigenvalue weighted by molar-refractivity contribution is 5.08. The zero-order valence-electron chi connectivity index (χ0n) is 9.30. The van der Waals surface area contributed by atoms with Crippen molar-refractivity contribution in [2.24, 2.45) is 5.92 Å². The van der Waals surface area contributed by atoms with Gasteiger partial charge in [-0.05, 0) is 44.4 Å². The van der Waals surface area contributed by atoms with E-state index in [2.05, 4.69) is 12.5 Å². The lowest BCUT2D eigenvalue weighted by Crippen LogP contribution is -2.07. The van der Waals surface area contributed by atoms with Crippen molar-refractivity contribution in [1.82, 2.24) is 0 Å². The molecule has 0 aromatic carbocycles.